The molecule has 0 fully saturated rings. The Morgan fingerprint density at radius 1 is 1.04 bits per heavy atom. The van der Waals surface area contributed by atoms with E-state index >= 15 is 0 Å². The predicted molar refractivity (Wildman–Crippen MR) is 88.4 cm³/mol. The zero-order valence-electron chi connectivity index (χ0n) is 12.3. The minimum atomic E-state index is -0.354. The van der Waals surface area contributed by atoms with Crippen LogP contribution in [0.25, 0.3) is 0 Å². The Morgan fingerprint density at radius 3 is 2.61 bits per heavy atom. The molecule has 3 aromatic rings. The molecule has 0 aliphatic carbocycles. The van der Waals surface area contributed by atoms with Crippen molar-refractivity contribution in [3.05, 3.63) is 94.7 Å². The van der Waals surface area contributed by atoms with Gasteiger partial charge in [-0.05, 0) is 29.8 Å². The summed E-state index contributed by atoms with van der Waals surface area (Å²) < 4.78 is 1.56. The van der Waals surface area contributed by atoms with Crippen LogP contribution in [0.3, 0.4) is 0 Å². The Kier molecular flexibility index (Phi) is 4.29. The quantitative estimate of drug-likeness (QED) is 0.805. The predicted octanol–water partition coefficient (Wildman–Crippen LogP) is 2.54. The lowest BCUT2D eigenvalue weighted by atomic mass is 10.2. The molecule has 114 valence electrons. The van der Waals surface area contributed by atoms with Crippen LogP contribution >= 0.6 is 0 Å². The Labute approximate surface area is 133 Å². The van der Waals surface area contributed by atoms with E-state index in [0.717, 1.165) is 5.56 Å². The standard InChI is InChI=1S/C18H15N3O2/c22-17(15-8-4-10-19-12-15)20-16-9-5-11-21(18(16)23)13-14-6-2-1-3-7-14/h1-12H,13H2,(H,20,22). The zero-order valence-corrected chi connectivity index (χ0v) is 12.3. The average Bonchev–Trinajstić information content (AvgIpc) is 2.60. The number of rotatable bonds is 4. The van der Waals surface area contributed by atoms with Crippen molar-refractivity contribution in [1.82, 2.24) is 9.55 Å². The maximum absolute atomic E-state index is 12.5. The molecule has 5 nitrogen and oxygen atoms in total. The molecule has 0 aliphatic rings. The molecule has 0 atom stereocenters. The van der Waals surface area contributed by atoms with Gasteiger partial charge >= 0.3 is 0 Å². The summed E-state index contributed by atoms with van der Waals surface area (Å²) in [6.07, 6.45) is 4.75. The van der Waals surface area contributed by atoms with Crippen LogP contribution in [0, 0.1) is 0 Å². The van der Waals surface area contributed by atoms with Crippen LogP contribution in [0.15, 0.2) is 78.0 Å². The first-order valence-electron chi connectivity index (χ1n) is 7.19. The van der Waals surface area contributed by atoms with E-state index in [1.54, 1.807) is 41.2 Å². The topological polar surface area (TPSA) is 64.0 Å². The van der Waals surface area contributed by atoms with Crippen molar-refractivity contribution in [2.75, 3.05) is 5.32 Å². The van der Waals surface area contributed by atoms with Crippen LogP contribution in [-0.2, 0) is 6.54 Å². The highest BCUT2D eigenvalue weighted by molar-refractivity contribution is 6.03. The van der Waals surface area contributed by atoms with Crippen molar-refractivity contribution in [2.24, 2.45) is 0 Å². The number of aromatic nitrogens is 2. The Morgan fingerprint density at radius 2 is 1.87 bits per heavy atom. The van der Waals surface area contributed by atoms with E-state index in [4.69, 9.17) is 0 Å². The van der Waals surface area contributed by atoms with Crippen LogP contribution in [0.5, 0.6) is 0 Å². The number of benzene rings is 1. The number of carbonyl (C=O) groups is 1. The highest BCUT2D eigenvalue weighted by atomic mass is 16.2. The van der Waals surface area contributed by atoms with E-state index in [0.29, 0.717) is 12.1 Å². The van der Waals surface area contributed by atoms with E-state index in [2.05, 4.69) is 10.3 Å². The minimum absolute atomic E-state index is 0.242. The first-order chi connectivity index (χ1) is 11.2. The van der Waals surface area contributed by atoms with Crippen molar-refractivity contribution >= 4 is 11.6 Å². The molecule has 2 heterocycles. The van der Waals surface area contributed by atoms with Crippen LogP contribution in [0.1, 0.15) is 15.9 Å². The number of anilines is 1. The second-order valence-electron chi connectivity index (χ2n) is 5.04. The first kappa shape index (κ1) is 14.7. The van der Waals surface area contributed by atoms with Gasteiger partial charge in [-0.2, -0.15) is 0 Å². The molecule has 1 aromatic carbocycles. The fraction of sp³-hybridized carbons (Fsp3) is 0.0556. The number of pyridine rings is 2. The second kappa shape index (κ2) is 6.70. The smallest absolute Gasteiger partial charge is 0.274 e. The van der Waals surface area contributed by atoms with Gasteiger partial charge in [-0.25, -0.2) is 0 Å². The van der Waals surface area contributed by atoms with Gasteiger partial charge in [0, 0.05) is 18.6 Å². The van der Waals surface area contributed by atoms with E-state index in [1.165, 1.54) is 6.20 Å². The summed E-state index contributed by atoms with van der Waals surface area (Å²) in [5.41, 5.74) is 1.43. The Hall–Kier alpha value is -3.21. The largest absolute Gasteiger partial charge is 0.317 e. The van der Waals surface area contributed by atoms with Crippen LogP contribution in [-0.4, -0.2) is 15.5 Å². The summed E-state index contributed by atoms with van der Waals surface area (Å²) in [6.45, 7) is 0.455. The molecule has 3 rings (SSSR count). The van der Waals surface area contributed by atoms with Gasteiger partial charge in [-0.15, -0.1) is 0 Å². The van der Waals surface area contributed by atoms with Crippen LogP contribution in [0.4, 0.5) is 5.69 Å². The molecular formula is C18H15N3O2. The molecule has 0 radical (unpaired) electrons. The molecule has 0 saturated carbocycles. The monoisotopic (exact) mass is 305 g/mol. The third-order valence-electron chi connectivity index (χ3n) is 3.39. The molecule has 5 heteroatoms. The second-order valence-corrected chi connectivity index (χ2v) is 5.04. The van der Waals surface area contributed by atoms with Gasteiger partial charge in [0.1, 0.15) is 5.69 Å². The molecule has 0 unspecified atom stereocenters. The van der Waals surface area contributed by atoms with Gasteiger partial charge in [-0.1, -0.05) is 30.3 Å². The van der Waals surface area contributed by atoms with Gasteiger partial charge in [0.15, 0.2) is 0 Å². The van der Waals surface area contributed by atoms with E-state index in [1.807, 2.05) is 30.3 Å². The summed E-state index contributed by atoms with van der Waals surface area (Å²) >= 11 is 0. The van der Waals surface area contributed by atoms with Crippen LogP contribution < -0.4 is 10.9 Å². The molecule has 0 aliphatic heterocycles. The third kappa shape index (κ3) is 3.52. The van der Waals surface area contributed by atoms with Gasteiger partial charge in [0.05, 0.1) is 12.1 Å². The molecule has 23 heavy (non-hydrogen) atoms. The van der Waals surface area contributed by atoms with Crippen molar-refractivity contribution in [3.63, 3.8) is 0 Å². The van der Waals surface area contributed by atoms with E-state index in [9.17, 15) is 9.59 Å². The molecule has 1 amide bonds. The van der Waals surface area contributed by atoms with Gasteiger partial charge in [0.2, 0.25) is 0 Å². The lowest BCUT2D eigenvalue weighted by Crippen LogP contribution is -2.25. The van der Waals surface area contributed by atoms with Gasteiger partial charge in [0.25, 0.3) is 11.5 Å². The lowest BCUT2D eigenvalue weighted by Gasteiger charge is -2.09. The van der Waals surface area contributed by atoms with Crippen molar-refractivity contribution in [3.8, 4) is 0 Å². The molecule has 0 spiro atoms. The fourth-order valence-electron chi connectivity index (χ4n) is 2.23. The van der Waals surface area contributed by atoms with Crippen molar-refractivity contribution in [2.45, 2.75) is 6.54 Å². The zero-order chi connectivity index (χ0) is 16.1. The maximum atomic E-state index is 12.5. The summed E-state index contributed by atoms with van der Waals surface area (Å²) in [5.74, 6) is -0.354. The highest BCUT2D eigenvalue weighted by Gasteiger charge is 2.09. The molecule has 1 N–H and O–H groups in total. The van der Waals surface area contributed by atoms with Gasteiger partial charge < -0.3 is 9.88 Å². The minimum Gasteiger partial charge on any atom is -0.317 e. The average molecular weight is 305 g/mol. The first-order valence-corrected chi connectivity index (χ1v) is 7.19. The molecule has 0 saturated heterocycles. The molecule has 0 bridgehead atoms. The van der Waals surface area contributed by atoms with E-state index in [-0.39, 0.29) is 17.2 Å². The summed E-state index contributed by atoms with van der Waals surface area (Å²) in [5, 5.41) is 2.64. The number of amides is 1. The Balaban J connectivity index is 1.83. The van der Waals surface area contributed by atoms with Gasteiger partial charge in [-0.3, -0.25) is 14.6 Å². The van der Waals surface area contributed by atoms with Crippen molar-refractivity contribution < 1.29 is 4.79 Å². The lowest BCUT2D eigenvalue weighted by molar-refractivity contribution is 0.102. The normalized spacial score (nSPS) is 10.3. The Bertz CT molecular complexity index is 858. The molecule has 2 aromatic heterocycles. The fourth-order valence-corrected chi connectivity index (χ4v) is 2.23. The highest BCUT2D eigenvalue weighted by Crippen LogP contribution is 2.06. The third-order valence-corrected chi connectivity index (χ3v) is 3.39. The SMILES string of the molecule is O=C(Nc1cccn(Cc2ccccc2)c1=O)c1cccnc1. The molecular weight excluding hydrogens is 290 g/mol. The number of nitrogens with one attached hydrogen (secondary N) is 1. The number of nitrogens with zero attached hydrogens (tertiary/aromatic N) is 2. The van der Waals surface area contributed by atoms with E-state index < -0.39 is 0 Å². The number of carbonyl (C=O) groups excluding carboxylic acids is 1. The maximum Gasteiger partial charge on any atom is 0.274 e. The number of hydrogen-bond acceptors (Lipinski definition) is 3. The van der Waals surface area contributed by atoms with Crippen LogP contribution in [0.2, 0.25) is 0 Å². The number of hydrogen-bond donors (Lipinski definition) is 1. The summed E-state index contributed by atoms with van der Waals surface area (Å²) in [7, 11) is 0. The van der Waals surface area contributed by atoms with Crippen molar-refractivity contribution in [1.29, 1.82) is 0 Å². The summed E-state index contributed by atoms with van der Waals surface area (Å²) in [4.78, 5) is 28.5. The summed E-state index contributed by atoms with van der Waals surface area (Å²) in [6, 6.07) is 16.3.